The molecule has 2 aromatic carbocycles. The highest BCUT2D eigenvalue weighted by atomic mass is 16.5. The molecule has 1 amide bonds. The summed E-state index contributed by atoms with van der Waals surface area (Å²) in [4.78, 5) is 25.7. The minimum Gasteiger partial charge on any atom is -0.493 e. The molecule has 0 saturated carbocycles. The summed E-state index contributed by atoms with van der Waals surface area (Å²) in [6.07, 6.45) is 1.31. The zero-order valence-electron chi connectivity index (χ0n) is 18.5. The van der Waals surface area contributed by atoms with E-state index in [1.54, 1.807) is 11.9 Å². The largest absolute Gasteiger partial charge is 0.493 e. The van der Waals surface area contributed by atoms with Gasteiger partial charge in [-0.15, -0.1) is 0 Å². The molecule has 0 aliphatic rings. The molecule has 3 rings (SSSR count). The quantitative estimate of drug-likeness (QED) is 0.479. The van der Waals surface area contributed by atoms with E-state index in [0.29, 0.717) is 25.4 Å². The Hall–Kier alpha value is -3.19. The number of nitrogens with zero attached hydrogens (tertiary/aromatic N) is 4. The van der Waals surface area contributed by atoms with Crippen molar-refractivity contribution in [3.63, 3.8) is 0 Å². The van der Waals surface area contributed by atoms with E-state index in [2.05, 4.69) is 29.3 Å². The molecule has 1 heterocycles. The van der Waals surface area contributed by atoms with Gasteiger partial charge in [-0.3, -0.25) is 4.79 Å². The fourth-order valence-electron chi connectivity index (χ4n) is 3.20. The first-order valence-electron chi connectivity index (χ1n) is 10.6. The van der Waals surface area contributed by atoms with Crippen LogP contribution in [0.5, 0.6) is 5.75 Å². The standard InChI is InChI=1S/C24H31N5O2/c1-28(2)16-9-15-25-24-20-12-7-8-13-21(20)26-22(27-24)18-29(3)23(30)14-17-31-19-10-5-4-6-11-19/h4-8,10-13H,9,14-18H2,1-3H3,(H,25,26,27). The number of carbonyl (C=O) groups excluding carboxylic acids is 1. The van der Waals surface area contributed by atoms with Crippen LogP contribution in [0.3, 0.4) is 0 Å². The summed E-state index contributed by atoms with van der Waals surface area (Å²) in [7, 11) is 5.90. The van der Waals surface area contributed by atoms with Crippen LogP contribution in [0.2, 0.25) is 0 Å². The van der Waals surface area contributed by atoms with Crippen LogP contribution in [0.25, 0.3) is 10.9 Å². The summed E-state index contributed by atoms with van der Waals surface area (Å²) in [6.45, 7) is 2.52. The van der Waals surface area contributed by atoms with Crippen LogP contribution in [-0.4, -0.2) is 66.5 Å². The number of amides is 1. The summed E-state index contributed by atoms with van der Waals surface area (Å²) in [5, 5.41) is 4.42. The van der Waals surface area contributed by atoms with E-state index in [-0.39, 0.29) is 5.91 Å². The number of ether oxygens (including phenoxy) is 1. The molecule has 0 saturated heterocycles. The summed E-state index contributed by atoms with van der Waals surface area (Å²) in [5.41, 5.74) is 0.871. The fraction of sp³-hybridized carbons (Fsp3) is 0.375. The summed E-state index contributed by atoms with van der Waals surface area (Å²) in [6, 6.07) is 17.4. The van der Waals surface area contributed by atoms with Crippen molar-refractivity contribution >= 4 is 22.6 Å². The number of rotatable bonds is 11. The predicted molar refractivity (Wildman–Crippen MR) is 124 cm³/mol. The Balaban J connectivity index is 1.60. The lowest BCUT2D eigenvalue weighted by Gasteiger charge is -2.18. The second-order valence-electron chi connectivity index (χ2n) is 7.75. The Morgan fingerprint density at radius 3 is 2.52 bits per heavy atom. The molecule has 0 fully saturated rings. The molecule has 0 aliphatic carbocycles. The maximum Gasteiger partial charge on any atom is 0.226 e. The third-order valence-corrected chi connectivity index (χ3v) is 4.86. The predicted octanol–water partition coefficient (Wildman–Crippen LogP) is 3.42. The molecule has 1 aromatic heterocycles. The number of carbonyl (C=O) groups is 1. The number of fused-ring (bicyclic) bond motifs is 1. The van der Waals surface area contributed by atoms with Crippen molar-refractivity contribution in [2.45, 2.75) is 19.4 Å². The second kappa shape index (κ2) is 11.3. The van der Waals surface area contributed by atoms with Crippen molar-refractivity contribution in [2.24, 2.45) is 0 Å². The van der Waals surface area contributed by atoms with Gasteiger partial charge in [-0.1, -0.05) is 30.3 Å². The Morgan fingerprint density at radius 1 is 1.00 bits per heavy atom. The van der Waals surface area contributed by atoms with Crippen molar-refractivity contribution in [2.75, 3.05) is 46.2 Å². The third kappa shape index (κ3) is 6.93. The number of para-hydroxylation sites is 2. The lowest BCUT2D eigenvalue weighted by atomic mass is 10.2. The van der Waals surface area contributed by atoms with Gasteiger partial charge in [0.25, 0.3) is 0 Å². The smallest absolute Gasteiger partial charge is 0.226 e. The summed E-state index contributed by atoms with van der Waals surface area (Å²) >= 11 is 0. The van der Waals surface area contributed by atoms with Crippen LogP contribution in [0, 0.1) is 0 Å². The number of nitrogens with one attached hydrogen (secondary N) is 1. The van der Waals surface area contributed by atoms with Gasteiger partial charge in [0, 0.05) is 19.0 Å². The Kier molecular flexibility index (Phi) is 8.18. The lowest BCUT2D eigenvalue weighted by molar-refractivity contribution is -0.131. The molecule has 0 spiro atoms. The zero-order valence-corrected chi connectivity index (χ0v) is 18.5. The normalized spacial score (nSPS) is 11.0. The van der Waals surface area contributed by atoms with Crippen LogP contribution in [0.15, 0.2) is 54.6 Å². The Morgan fingerprint density at radius 2 is 1.74 bits per heavy atom. The van der Waals surface area contributed by atoms with Gasteiger partial charge in [-0.25, -0.2) is 9.97 Å². The molecule has 7 nitrogen and oxygen atoms in total. The van der Waals surface area contributed by atoms with Crippen molar-refractivity contribution in [3.05, 3.63) is 60.4 Å². The van der Waals surface area contributed by atoms with E-state index >= 15 is 0 Å². The molecule has 0 unspecified atom stereocenters. The van der Waals surface area contributed by atoms with Gasteiger partial charge in [0.05, 0.1) is 25.1 Å². The topological polar surface area (TPSA) is 70.6 Å². The molecular weight excluding hydrogens is 390 g/mol. The van der Waals surface area contributed by atoms with Crippen molar-refractivity contribution in [3.8, 4) is 5.75 Å². The minimum absolute atomic E-state index is 0.00631. The lowest BCUT2D eigenvalue weighted by Crippen LogP contribution is -2.28. The monoisotopic (exact) mass is 421 g/mol. The van der Waals surface area contributed by atoms with Crippen LogP contribution in [0.1, 0.15) is 18.7 Å². The van der Waals surface area contributed by atoms with Crippen LogP contribution >= 0.6 is 0 Å². The van der Waals surface area contributed by atoms with Crippen molar-refractivity contribution < 1.29 is 9.53 Å². The first kappa shape index (κ1) is 22.5. The number of aromatic nitrogens is 2. The number of benzene rings is 2. The summed E-state index contributed by atoms with van der Waals surface area (Å²) in [5.74, 6) is 2.19. The van der Waals surface area contributed by atoms with Gasteiger partial charge >= 0.3 is 0 Å². The van der Waals surface area contributed by atoms with Gasteiger partial charge < -0.3 is 19.9 Å². The number of hydrogen-bond donors (Lipinski definition) is 1. The van der Waals surface area contributed by atoms with Crippen LogP contribution < -0.4 is 10.1 Å². The fourth-order valence-corrected chi connectivity index (χ4v) is 3.20. The van der Waals surface area contributed by atoms with Gasteiger partial charge in [-0.05, 0) is 51.3 Å². The molecule has 164 valence electrons. The molecule has 0 aliphatic heterocycles. The van der Waals surface area contributed by atoms with Crippen LogP contribution in [0.4, 0.5) is 5.82 Å². The average Bonchev–Trinajstić information content (AvgIpc) is 2.77. The Labute approximate surface area is 184 Å². The van der Waals surface area contributed by atoms with Gasteiger partial charge in [-0.2, -0.15) is 0 Å². The molecule has 0 atom stereocenters. The van der Waals surface area contributed by atoms with Gasteiger partial charge in [0.1, 0.15) is 11.6 Å². The van der Waals surface area contributed by atoms with E-state index in [4.69, 9.17) is 9.72 Å². The highest BCUT2D eigenvalue weighted by Gasteiger charge is 2.13. The molecule has 31 heavy (non-hydrogen) atoms. The van der Waals surface area contributed by atoms with Crippen LogP contribution in [-0.2, 0) is 11.3 Å². The minimum atomic E-state index is -0.00631. The first-order valence-corrected chi connectivity index (χ1v) is 10.6. The summed E-state index contributed by atoms with van der Waals surface area (Å²) < 4.78 is 5.63. The van der Waals surface area contributed by atoms with Crippen molar-refractivity contribution in [1.82, 2.24) is 19.8 Å². The average molecular weight is 422 g/mol. The van der Waals surface area contributed by atoms with E-state index in [1.807, 2.05) is 54.6 Å². The molecule has 0 bridgehead atoms. The van der Waals surface area contributed by atoms with Gasteiger partial charge in [0.2, 0.25) is 5.91 Å². The van der Waals surface area contributed by atoms with E-state index in [9.17, 15) is 4.79 Å². The molecule has 1 N–H and O–H groups in total. The second-order valence-corrected chi connectivity index (χ2v) is 7.75. The van der Waals surface area contributed by atoms with E-state index in [1.165, 1.54) is 0 Å². The van der Waals surface area contributed by atoms with Crippen molar-refractivity contribution in [1.29, 1.82) is 0 Å². The molecule has 7 heteroatoms. The maximum absolute atomic E-state index is 12.5. The SMILES string of the molecule is CN(C)CCCNc1nc(CN(C)C(=O)CCOc2ccccc2)nc2ccccc12. The first-order chi connectivity index (χ1) is 15.0. The number of anilines is 1. The maximum atomic E-state index is 12.5. The Bertz CT molecular complexity index is 978. The number of hydrogen-bond acceptors (Lipinski definition) is 6. The molecule has 3 aromatic rings. The zero-order chi connectivity index (χ0) is 22.1. The van der Waals surface area contributed by atoms with E-state index < -0.39 is 0 Å². The van der Waals surface area contributed by atoms with Gasteiger partial charge in [0.15, 0.2) is 5.82 Å². The highest BCUT2D eigenvalue weighted by Crippen LogP contribution is 2.20. The third-order valence-electron chi connectivity index (χ3n) is 4.86. The van der Waals surface area contributed by atoms with E-state index in [0.717, 1.165) is 42.0 Å². The highest BCUT2D eigenvalue weighted by molar-refractivity contribution is 5.89. The molecule has 0 radical (unpaired) electrons. The molecular formula is C24H31N5O2.